The number of ether oxygens (including phenoxy) is 8. The van der Waals surface area contributed by atoms with E-state index in [0.29, 0.717) is 74.1 Å². The fourth-order valence-corrected chi connectivity index (χ4v) is 6.38. The van der Waals surface area contributed by atoms with Crippen LogP contribution in [0.15, 0.2) is 77.0 Å². The molecule has 2 aromatic carbocycles. The maximum Gasteiger partial charge on any atom is 0.338 e. The Hall–Kier alpha value is -7.31. The number of nitrogens with zero attached hydrogens (tertiary/aromatic N) is 3. The van der Waals surface area contributed by atoms with E-state index in [1.807, 2.05) is 0 Å². The van der Waals surface area contributed by atoms with Crippen LogP contribution in [0.2, 0.25) is 0 Å². The summed E-state index contributed by atoms with van der Waals surface area (Å²) in [6, 6.07) is 14.4. The van der Waals surface area contributed by atoms with Crippen molar-refractivity contribution < 1.29 is 61.9 Å². The maximum atomic E-state index is 13.6. The molecule has 23 heteroatoms. The third kappa shape index (κ3) is 17.2. The van der Waals surface area contributed by atoms with E-state index in [1.54, 1.807) is 54.9 Å². The predicted octanol–water partition coefficient (Wildman–Crippen LogP) is 0.975. The Morgan fingerprint density at radius 1 is 0.618 bits per heavy atom. The molecule has 3 amide bonds. The lowest BCUT2D eigenvalue weighted by Crippen LogP contribution is -2.38. The Balaban J connectivity index is 1.17. The second kappa shape index (κ2) is 28.0. The number of carbonyl (C=O) groups is 5. The Morgan fingerprint density at radius 2 is 1.06 bits per heavy atom. The van der Waals surface area contributed by atoms with Crippen LogP contribution < -0.4 is 36.9 Å². The van der Waals surface area contributed by atoms with Crippen LogP contribution >= 0.6 is 0 Å². The molecule has 366 valence electrons. The van der Waals surface area contributed by atoms with Crippen LogP contribution in [0.25, 0.3) is 0 Å². The van der Waals surface area contributed by atoms with Gasteiger partial charge in [0.15, 0.2) is 23.4 Å². The minimum Gasteiger partial charge on any atom is -0.487 e. The Morgan fingerprint density at radius 3 is 1.49 bits per heavy atom. The lowest BCUT2D eigenvalue weighted by atomic mass is 10.0. The highest BCUT2D eigenvalue weighted by atomic mass is 16.6. The molecular formula is C45H58N10O13. The largest absolute Gasteiger partial charge is 0.487 e. The summed E-state index contributed by atoms with van der Waals surface area (Å²) in [6.07, 6.45) is 3.22. The number of fused-ring (bicyclic) bond motifs is 1. The van der Waals surface area contributed by atoms with Gasteiger partial charge in [0.25, 0.3) is 17.7 Å². The lowest BCUT2D eigenvalue weighted by molar-refractivity contribution is 0.0186. The van der Waals surface area contributed by atoms with Gasteiger partial charge in [-0.2, -0.15) is 0 Å². The highest BCUT2D eigenvalue weighted by molar-refractivity contribution is 6.05. The number of benzene rings is 2. The standard InChI is InChI=1S/C45H58N10O13/c1-61-42(59)33-26-37-38(27-34(33)43(60)62-2)68-22-20-66-18-16-64-14-12-55(11-13-63-15-17-65-19-21-67-37)10-9-50-39(56)32-24-30(28-51-44(46)53-40(57)35-5-3-7-48-35)23-31(25-32)29-52-45(47)54-41(58)36-6-4-8-49-36/h3-8,23-27,48-49H,9-22,28-29H2,1-2H3,(H,50,56)(H3,46,51,53,57)(H3,47,52,54,58). The molecule has 0 saturated heterocycles. The van der Waals surface area contributed by atoms with Gasteiger partial charge in [-0.25, -0.2) is 19.6 Å². The maximum absolute atomic E-state index is 13.6. The smallest absolute Gasteiger partial charge is 0.338 e. The number of aliphatic imine (C=N–C) groups is 2. The van der Waals surface area contributed by atoms with Crippen LogP contribution in [0.4, 0.5) is 0 Å². The van der Waals surface area contributed by atoms with E-state index in [1.165, 1.54) is 26.4 Å². The van der Waals surface area contributed by atoms with E-state index in [9.17, 15) is 24.0 Å². The van der Waals surface area contributed by atoms with Crippen molar-refractivity contribution in [3.05, 3.63) is 106 Å². The van der Waals surface area contributed by atoms with Crippen LogP contribution in [0.3, 0.4) is 0 Å². The van der Waals surface area contributed by atoms with Crippen molar-refractivity contribution in [2.24, 2.45) is 21.5 Å². The summed E-state index contributed by atoms with van der Waals surface area (Å²) < 4.78 is 44.6. The fourth-order valence-electron chi connectivity index (χ4n) is 6.38. The van der Waals surface area contributed by atoms with Crippen molar-refractivity contribution in [1.82, 2.24) is 30.8 Å². The third-order valence-corrected chi connectivity index (χ3v) is 9.77. The van der Waals surface area contributed by atoms with Gasteiger partial charge in [0.1, 0.15) is 24.6 Å². The number of hydrogen-bond acceptors (Lipinski definition) is 16. The van der Waals surface area contributed by atoms with Gasteiger partial charge < -0.3 is 64.6 Å². The highest BCUT2D eigenvalue weighted by Gasteiger charge is 2.23. The van der Waals surface area contributed by atoms with Crippen molar-refractivity contribution >= 4 is 41.6 Å². The van der Waals surface area contributed by atoms with Crippen LogP contribution in [0, 0.1) is 0 Å². The first-order chi connectivity index (χ1) is 33.0. The summed E-state index contributed by atoms with van der Waals surface area (Å²) in [6.45, 7) is 4.32. The normalized spacial score (nSPS) is 15.3. The zero-order chi connectivity index (χ0) is 48.5. The second-order valence-electron chi connectivity index (χ2n) is 14.6. The third-order valence-electron chi connectivity index (χ3n) is 9.77. The topological polar surface area (TPSA) is 307 Å². The number of carbonyl (C=O) groups excluding carboxylic acids is 5. The number of aromatic amines is 2. The average molecular weight is 947 g/mol. The number of aromatic nitrogens is 2. The number of nitrogens with two attached hydrogens (primary N) is 2. The number of hydrogen-bond donors (Lipinski definition) is 7. The molecule has 0 unspecified atom stereocenters. The zero-order valence-electron chi connectivity index (χ0n) is 38.0. The van der Waals surface area contributed by atoms with Crippen molar-refractivity contribution in [2.75, 3.05) is 106 Å². The van der Waals surface area contributed by atoms with E-state index in [4.69, 9.17) is 49.4 Å². The molecule has 3 heterocycles. The van der Waals surface area contributed by atoms with Crippen molar-refractivity contribution in [2.45, 2.75) is 13.1 Å². The first-order valence-corrected chi connectivity index (χ1v) is 21.6. The molecule has 0 saturated carbocycles. The molecule has 4 aromatic rings. The van der Waals surface area contributed by atoms with Gasteiger partial charge in [-0.05, 0) is 59.7 Å². The van der Waals surface area contributed by atoms with Gasteiger partial charge in [-0.1, -0.05) is 6.07 Å². The van der Waals surface area contributed by atoms with Crippen LogP contribution in [0.1, 0.15) is 63.2 Å². The molecule has 0 radical (unpaired) electrons. The molecular weight excluding hydrogens is 889 g/mol. The quantitative estimate of drug-likeness (QED) is 0.0591. The Bertz CT molecular complexity index is 2180. The molecule has 0 atom stereocenters. The first kappa shape index (κ1) is 51.7. The predicted molar refractivity (Wildman–Crippen MR) is 246 cm³/mol. The highest BCUT2D eigenvalue weighted by Crippen LogP contribution is 2.32. The van der Waals surface area contributed by atoms with Crippen molar-refractivity contribution in [3.8, 4) is 11.5 Å². The van der Waals surface area contributed by atoms with Gasteiger partial charge in [0.05, 0.1) is 91.3 Å². The second-order valence-corrected chi connectivity index (χ2v) is 14.6. The molecule has 0 fully saturated rings. The van der Waals surface area contributed by atoms with E-state index in [-0.39, 0.29) is 99.7 Å². The summed E-state index contributed by atoms with van der Waals surface area (Å²) in [5.41, 5.74) is 14.1. The van der Waals surface area contributed by atoms with E-state index in [2.05, 4.69) is 40.8 Å². The van der Waals surface area contributed by atoms with Crippen molar-refractivity contribution in [1.29, 1.82) is 0 Å². The molecule has 23 nitrogen and oxygen atoms in total. The molecule has 0 spiro atoms. The van der Waals surface area contributed by atoms with Crippen LogP contribution in [0.5, 0.6) is 11.5 Å². The number of esters is 2. The number of amides is 3. The lowest BCUT2D eigenvalue weighted by Gasteiger charge is -2.22. The van der Waals surface area contributed by atoms with Gasteiger partial charge in [-0.15, -0.1) is 0 Å². The van der Waals surface area contributed by atoms with Gasteiger partial charge >= 0.3 is 11.9 Å². The molecule has 9 N–H and O–H groups in total. The summed E-state index contributed by atoms with van der Waals surface area (Å²) in [5, 5.41) is 8.02. The van der Waals surface area contributed by atoms with E-state index in [0.717, 1.165) is 0 Å². The fraction of sp³-hybridized carbons (Fsp3) is 0.400. The summed E-state index contributed by atoms with van der Waals surface area (Å²) in [5.74, 6) is -2.62. The van der Waals surface area contributed by atoms with Gasteiger partial charge in [0, 0.05) is 44.1 Å². The molecule has 1 aliphatic heterocycles. The molecule has 1 aliphatic rings. The first-order valence-electron chi connectivity index (χ1n) is 21.6. The Kier molecular flexibility index (Phi) is 21.3. The summed E-state index contributed by atoms with van der Waals surface area (Å²) in [7, 11) is 2.40. The number of H-pyrrole nitrogens is 2. The SMILES string of the molecule is COC(=O)c1cc2c(cc1C(=O)OC)OCCOCCOCCN(CCNC(=O)c1cc(CN=C(N)NC(=O)c3ccc[nH]3)cc(CN=C(N)NC(=O)c3ccc[nH]3)c1)CCOCCOCCO2. The van der Waals surface area contributed by atoms with Crippen LogP contribution in [-0.2, 0) is 41.5 Å². The monoisotopic (exact) mass is 946 g/mol. The molecule has 5 rings (SSSR count). The minimum atomic E-state index is -0.748. The number of guanidine groups is 2. The summed E-state index contributed by atoms with van der Waals surface area (Å²) >= 11 is 0. The summed E-state index contributed by atoms with van der Waals surface area (Å²) in [4.78, 5) is 79.8. The van der Waals surface area contributed by atoms with Crippen LogP contribution in [-0.4, -0.2) is 163 Å². The van der Waals surface area contributed by atoms with E-state index < -0.39 is 23.8 Å². The van der Waals surface area contributed by atoms with Gasteiger partial charge in [0.2, 0.25) is 0 Å². The van der Waals surface area contributed by atoms with Gasteiger partial charge in [-0.3, -0.25) is 29.9 Å². The molecule has 68 heavy (non-hydrogen) atoms. The number of methoxy groups -OCH3 is 2. The number of rotatable bonds is 12. The average Bonchev–Trinajstić information content (AvgIpc) is 4.10. The van der Waals surface area contributed by atoms with Crippen molar-refractivity contribution in [3.63, 3.8) is 0 Å². The molecule has 2 aromatic heterocycles. The minimum absolute atomic E-state index is 0.0197. The Labute approximate surface area is 392 Å². The molecule has 0 aliphatic carbocycles. The zero-order valence-corrected chi connectivity index (χ0v) is 38.0. The molecule has 0 bridgehead atoms. The van der Waals surface area contributed by atoms with E-state index >= 15 is 0 Å². The number of nitrogens with one attached hydrogen (secondary N) is 5.